The Morgan fingerprint density at radius 2 is 2.19 bits per heavy atom. The molecule has 0 saturated carbocycles. The van der Waals surface area contributed by atoms with Gasteiger partial charge >= 0.3 is 0 Å². The third-order valence-corrected chi connectivity index (χ3v) is 5.10. The van der Waals surface area contributed by atoms with E-state index in [4.69, 9.17) is 0 Å². The SMILES string of the molecule is CCCNCC(C)N(C)C1CCS(=O)(=O)C1. The summed E-state index contributed by atoms with van der Waals surface area (Å²) in [5, 5.41) is 3.37. The number of nitrogens with one attached hydrogen (secondary N) is 1. The van der Waals surface area contributed by atoms with E-state index in [0.717, 1.165) is 25.9 Å². The Morgan fingerprint density at radius 1 is 1.50 bits per heavy atom. The zero-order valence-corrected chi connectivity index (χ0v) is 11.4. The maximum absolute atomic E-state index is 11.4. The molecule has 0 bridgehead atoms. The van der Waals surface area contributed by atoms with E-state index in [1.165, 1.54) is 0 Å². The van der Waals surface area contributed by atoms with Gasteiger partial charge in [-0.1, -0.05) is 6.92 Å². The fourth-order valence-electron chi connectivity index (χ4n) is 2.09. The molecule has 96 valence electrons. The lowest BCUT2D eigenvalue weighted by Gasteiger charge is -2.30. The van der Waals surface area contributed by atoms with Gasteiger partial charge in [-0.3, -0.25) is 4.90 Å². The van der Waals surface area contributed by atoms with Crippen molar-refractivity contribution in [3.63, 3.8) is 0 Å². The van der Waals surface area contributed by atoms with Crippen LogP contribution in [-0.2, 0) is 9.84 Å². The fraction of sp³-hybridized carbons (Fsp3) is 1.00. The molecule has 0 radical (unpaired) electrons. The Kier molecular flexibility index (Phi) is 5.21. The second-order valence-corrected chi connectivity index (χ2v) is 7.00. The van der Waals surface area contributed by atoms with Crippen LogP contribution in [0.4, 0.5) is 0 Å². The molecule has 16 heavy (non-hydrogen) atoms. The Bertz CT molecular complexity index is 303. The van der Waals surface area contributed by atoms with Gasteiger partial charge in [-0.15, -0.1) is 0 Å². The molecule has 1 aliphatic rings. The highest BCUT2D eigenvalue weighted by molar-refractivity contribution is 7.91. The monoisotopic (exact) mass is 248 g/mol. The first-order chi connectivity index (χ1) is 7.46. The molecule has 0 aliphatic carbocycles. The Hall–Kier alpha value is -0.130. The minimum absolute atomic E-state index is 0.212. The van der Waals surface area contributed by atoms with Gasteiger partial charge < -0.3 is 5.32 Å². The van der Waals surface area contributed by atoms with Crippen LogP contribution in [0, 0.1) is 0 Å². The predicted molar refractivity (Wildman–Crippen MR) is 67.4 cm³/mol. The Morgan fingerprint density at radius 3 is 2.69 bits per heavy atom. The molecule has 1 fully saturated rings. The van der Waals surface area contributed by atoms with Gasteiger partial charge in [0.1, 0.15) is 0 Å². The van der Waals surface area contributed by atoms with Crippen LogP contribution >= 0.6 is 0 Å². The molecular formula is C11H24N2O2S. The lowest BCUT2D eigenvalue weighted by atomic mass is 10.2. The van der Waals surface area contributed by atoms with Crippen molar-refractivity contribution in [3.05, 3.63) is 0 Å². The van der Waals surface area contributed by atoms with Crippen LogP contribution in [0.25, 0.3) is 0 Å². The Balaban J connectivity index is 2.36. The number of likely N-dealkylation sites (N-methyl/N-ethyl adjacent to an activating group) is 1. The lowest BCUT2D eigenvalue weighted by Crippen LogP contribution is -2.44. The summed E-state index contributed by atoms with van der Waals surface area (Å²) in [6.07, 6.45) is 1.92. The molecule has 4 nitrogen and oxygen atoms in total. The molecule has 0 aromatic rings. The maximum Gasteiger partial charge on any atom is 0.151 e. The van der Waals surface area contributed by atoms with E-state index in [2.05, 4.69) is 24.1 Å². The average molecular weight is 248 g/mol. The third-order valence-electron chi connectivity index (χ3n) is 3.35. The molecular weight excluding hydrogens is 224 g/mol. The topological polar surface area (TPSA) is 49.4 Å². The van der Waals surface area contributed by atoms with Crippen LogP contribution in [0.1, 0.15) is 26.7 Å². The maximum atomic E-state index is 11.4. The first-order valence-corrected chi connectivity index (χ1v) is 7.91. The minimum Gasteiger partial charge on any atom is -0.315 e. The summed E-state index contributed by atoms with van der Waals surface area (Å²) in [5.41, 5.74) is 0. The summed E-state index contributed by atoms with van der Waals surface area (Å²) >= 11 is 0. The first-order valence-electron chi connectivity index (χ1n) is 6.09. The number of rotatable bonds is 6. The normalized spacial score (nSPS) is 26.1. The number of nitrogens with zero attached hydrogens (tertiary/aromatic N) is 1. The highest BCUT2D eigenvalue weighted by Gasteiger charge is 2.32. The zero-order valence-electron chi connectivity index (χ0n) is 10.6. The van der Waals surface area contributed by atoms with Crippen molar-refractivity contribution in [1.82, 2.24) is 10.2 Å². The third kappa shape index (κ3) is 4.03. The van der Waals surface area contributed by atoms with Gasteiger partial charge in [0.15, 0.2) is 9.84 Å². The molecule has 0 spiro atoms. The first kappa shape index (κ1) is 13.9. The van der Waals surface area contributed by atoms with Gasteiger partial charge in [0.2, 0.25) is 0 Å². The molecule has 5 heteroatoms. The van der Waals surface area contributed by atoms with Gasteiger partial charge in [-0.05, 0) is 33.4 Å². The summed E-state index contributed by atoms with van der Waals surface area (Å²) in [4.78, 5) is 2.20. The van der Waals surface area contributed by atoms with E-state index >= 15 is 0 Å². The second kappa shape index (κ2) is 5.98. The molecule has 2 unspecified atom stereocenters. The summed E-state index contributed by atoms with van der Waals surface area (Å²) in [5.74, 6) is 0.693. The molecule has 2 atom stereocenters. The van der Waals surface area contributed by atoms with Crippen LogP contribution in [0.2, 0.25) is 0 Å². The van der Waals surface area contributed by atoms with Crippen molar-refractivity contribution < 1.29 is 8.42 Å². The van der Waals surface area contributed by atoms with Gasteiger partial charge in [0.25, 0.3) is 0 Å². The summed E-state index contributed by atoms with van der Waals surface area (Å²) in [7, 11) is -0.730. The van der Waals surface area contributed by atoms with Crippen molar-refractivity contribution >= 4 is 9.84 Å². The average Bonchev–Trinajstić information content (AvgIpc) is 2.58. The fourth-order valence-corrected chi connectivity index (χ4v) is 3.87. The smallest absolute Gasteiger partial charge is 0.151 e. The van der Waals surface area contributed by atoms with E-state index in [-0.39, 0.29) is 6.04 Å². The van der Waals surface area contributed by atoms with E-state index < -0.39 is 9.84 Å². The molecule has 1 N–H and O–H groups in total. The van der Waals surface area contributed by atoms with Crippen molar-refractivity contribution in [2.24, 2.45) is 0 Å². The largest absolute Gasteiger partial charge is 0.315 e. The molecule has 0 aromatic heterocycles. The predicted octanol–water partition coefficient (Wildman–Crippen LogP) is 0.493. The quantitative estimate of drug-likeness (QED) is 0.695. The molecule has 0 aromatic carbocycles. The van der Waals surface area contributed by atoms with Crippen LogP contribution in [0.15, 0.2) is 0 Å². The van der Waals surface area contributed by atoms with Crippen molar-refractivity contribution in [1.29, 1.82) is 0 Å². The highest BCUT2D eigenvalue weighted by atomic mass is 32.2. The van der Waals surface area contributed by atoms with Gasteiger partial charge in [0.05, 0.1) is 11.5 Å². The minimum atomic E-state index is -2.76. The van der Waals surface area contributed by atoms with Crippen LogP contribution in [0.3, 0.4) is 0 Å². The number of sulfone groups is 1. The number of hydrogen-bond donors (Lipinski definition) is 1. The Labute approximate surface area is 99.3 Å². The van der Waals surface area contributed by atoms with E-state index in [1.807, 2.05) is 7.05 Å². The van der Waals surface area contributed by atoms with E-state index in [0.29, 0.717) is 17.5 Å². The second-order valence-electron chi connectivity index (χ2n) is 4.78. The van der Waals surface area contributed by atoms with Crippen molar-refractivity contribution in [2.75, 3.05) is 31.6 Å². The van der Waals surface area contributed by atoms with Crippen LogP contribution in [0.5, 0.6) is 0 Å². The zero-order chi connectivity index (χ0) is 12.2. The van der Waals surface area contributed by atoms with E-state index in [1.54, 1.807) is 0 Å². The summed E-state index contributed by atoms with van der Waals surface area (Å²) in [6, 6.07) is 0.605. The van der Waals surface area contributed by atoms with Crippen LogP contribution < -0.4 is 5.32 Å². The van der Waals surface area contributed by atoms with Gasteiger partial charge in [-0.25, -0.2) is 8.42 Å². The lowest BCUT2D eigenvalue weighted by molar-refractivity contribution is 0.195. The molecule has 1 aliphatic heterocycles. The van der Waals surface area contributed by atoms with Crippen LogP contribution in [-0.4, -0.2) is 57.0 Å². The summed E-state index contributed by atoms with van der Waals surface area (Å²) in [6.45, 7) is 6.25. The highest BCUT2D eigenvalue weighted by Crippen LogP contribution is 2.17. The van der Waals surface area contributed by atoms with Gasteiger partial charge in [0, 0.05) is 18.6 Å². The molecule has 1 saturated heterocycles. The molecule has 0 amide bonds. The molecule has 1 heterocycles. The standard InChI is InChI=1S/C11H24N2O2S/c1-4-6-12-8-10(2)13(3)11-5-7-16(14,15)9-11/h10-12H,4-9H2,1-3H3. The number of hydrogen-bond acceptors (Lipinski definition) is 4. The molecule has 1 rings (SSSR count). The summed E-state index contributed by atoms with van der Waals surface area (Å²) < 4.78 is 22.8. The van der Waals surface area contributed by atoms with Crippen molar-refractivity contribution in [3.8, 4) is 0 Å². The van der Waals surface area contributed by atoms with Crippen molar-refractivity contribution in [2.45, 2.75) is 38.8 Å². The van der Waals surface area contributed by atoms with Gasteiger partial charge in [-0.2, -0.15) is 0 Å². The van der Waals surface area contributed by atoms with E-state index in [9.17, 15) is 8.42 Å².